The maximum atomic E-state index is 11.7. The van der Waals surface area contributed by atoms with Crippen LogP contribution in [-0.4, -0.2) is 16.0 Å². The van der Waals surface area contributed by atoms with E-state index in [-0.39, 0.29) is 12.5 Å². The summed E-state index contributed by atoms with van der Waals surface area (Å²) >= 11 is 1.34. The highest BCUT2D eigenvalue weighted by Crippen LogP contribution is 2.28. The summed E-state index contributed by atoms with van der Waals surface area (Å²) in [7, 11) is 0. The van der Waals surface area contributed by atoms with E-state index in [9.17, 15) is 4.79 Å². The number of carbonyl (C=O) groups is 1. The van der Waals surface area contributed by atoms with Crippen LogP contribution < -0.4 is 4.90 Å². The first-order valence-electron chi connectivity index (χ1n) is 5.13. The van der Waals surface area contributed by atoms with E-state index in [0.29, 0.717) is 10.8 Å². The van der Waals surface area contributed by atoms with Crippen molar-refractivity contribution in [3.05, 3.63) is 41.4 Å². The highest BCUT2D eigenvalue weighted by Gasteiger charge is 2.17. The molecule has 1 aromatic heterocycles. The van der Waals surface area contributed by atoms with Crippen LogP contribution in [0.25, 0.3) is 0 Å². The van der Waals surface area contributed by atoms with Gasteiger partial charge in [0.05, 0.1) is 18.0 Å². The number of aliphatic hydroxyl groups is 1. The largest absolute Gasteiger partial charge is 0.390 e. The minimum Gasteiger partial charge on any atom is -0.390 e. The van der Waals surface area contributed by atoms with Crippen molar-refractivity contribution < 1.29 is 9.90 Å². The lowest BCUT2D eigenvalue weighted by molar-refractivity contribution is -0.115. The third-order valence-corrected chi connectivity index (χ3v) is 3.10. The monoisotopic (exact) mass is 248 g/mol. The topological polar surface area (TPSA) is 53.4 Å². The van der Waals surface area contributed by atoms with E-state index < -0.39 is 0 Å². The molecular weight excluding hydrogens is 236 g/mol. The average molecular weight is 248 g/mol. The maximum Gasteiger partial charge on any atom is 0.230 e. The smallest absolute Gasteiger partial charge is 0.230 e. The van der Waals surface area contributed by atoms with Gasteiger partial charge in [-0.05, 0) is 12.1 Å². The number of carbonyl (C=O) groups excluding carboxylic acids is 1. The van der Waals surface area contributed by atoms with E-state index in [1.54, 1.807) is 5.38 Å². The summed E-state index contributed by atoms with van der Waals surface area (Å²) in [5.41, 5.74) is 1.35. The number of amides is 1. The molecule has 0 unspecified atom stereocenters. The van der Waals surface area contributed by atoms with Gasteiger partial charge in [-0.25, -0.2) is 4.98 Å². The molecule has 0 bridgehead atoms. The Morgan fingerprint density at radius 3 is 2.65 bits per heavy atom. The molecule has 1 N–H and O–H groups in total. The van der Waals surface area contributed by atoms with Gasteiger partial charge in [-0.1, -0.05) is 18.2 Å². The average Bonchev–Trinajstić information content (AvgIpc) is 2.79. The Morgan fingerprint density at radius 1 is 1.41 bits per heavy atom. The van der Waals surface area contributed by atoms with Gasteiger partial charge >= 0.3 is 0 Å². The standard InChI is InChI=1S/C12H12N2O2S/c1-9(16)14(11-5-3-2-4-6-11)12-13-10(7-15)8-17-12/h2-6,8,15H,7H2,1H3. The van der Waals surface area contributed by atoms with Crippen molar-refractivity contribution in [2.75, 3.05) is 4.90 Å². The number of rotatable bonds is 3. The molecular formula is C12H12N2O2S. The molecule has 5 heteroatoms. The predicted octanol–water partition coefficient (Wildman–Crippen LogP) is 2.32. The molecule has 0 aliphatic rings. The second-order valence-corrected chi connectivity index (χ2v) is 4.31. The van der Waals surface area contributed by atoms with Crippen LogP contribution in [0.4, 0.5) is 10.8 Å². The Hall–Kier alpha value is -1.72. The zero-order valence-electron chi connectivity index (χ0n) is 9.33. The van der Waals surface area contributed by atoms with Crippen LogP contribution in [0.1, 0.15) is 12.6 Å². The second-order valence-electron chi connectivity index (χ2n) is 3.47. The molecule has 1 amide bonds. The highest BCUT2D eigenvalue weighted by molar-refractivity contribution is 7.14. The summed E-state index contributed by atoms with van der Waals surface area (Å²) in [4.78, 5) is 17.4. The molecule has 0 radical (unpaired) electrons. The first-order chi connectivity index (χ1) is 8.22. The summed E-state index contributed by atoms with van der Waals surface area (Å²) in [6.45, 7) is 1.38. The normalized spacial score (nSPS) is 10.2. The van der Waals surface area contributed by atoms with Gasteiger partial charge in [0, 0.05) is 12.3 Å². The quantitative estimate of drug-likeness (QED) is 0.907. The molecule has 88 valence electrons. The van der Waals surface area contributed by atoms with Crippen molar-refractivity contribution in [2.45, 2.75) is 13.5 Å². The lowest BCUT2D eigenvalue weighted by Gasteiger charge is -2.17. The van der Waals surface area contributed by atoms with Crippen LogP contribution in [0.15, 0.2) is 35.7 Å². The Balaban J connectivity index is 2.39. The third kappa shape index (κ3) is 2.51. The zero-order valence-corrected chi connectivity index (χ0v) is 10.1. The number of hydrogen-bond acceptors (Lipinski definition) is 4. The first kappa shape index (κ1) is 11.8. The van der Waals surface area contributed by atoms with Crippen molar-refractivity contribution >= 4 is 28.1 Å². The van der Waals surface area contributed by atoms with Crippen molar-refractivity contribution in [2.24, 2.45) is 0 Å². The first-order valence-corrected chi connectivity index (χ1v) is 6.01. The van der Waals surface area contributed by atoms with Gasteiger partial charge in [-0.15, -0.1) is 11.3 Å². The maximum absolute atomic E-state index is 11.7. The van der Waals surface area contributed by atoms with Crippen molar-refractivity contribution in [3.8, 4) is 0 Å². The van der Waals surface area contributed by atoms with Gasteiger partial charge < -0.3 is 5.11 Å². The van der Waals surface area contributed by atoms with Crippen molar-refractivity contribution in [1.29, 1.82) is 0 Å². The molecule has 0 aliphatic heterocycles. The van der Waals surface area contributed by atoms with E-state index in [1.807, 2.05) is 30.3 Å². The fraction of sp³-hybridized carbons (Fsp3) is 0.167. The summed E-state index contributed by atoms with van der Waals surface area (Å²) in [5, 5.41) is 11.3. The molecule has 4 nitrogen and oxygen atoms in total. The minimum atomic E-state index is -0.114. The van der Waals surface area contributed by atoms with Crippen LogP contribution in [-0.2, 0) is 11.4 Å². The number of para-hydroxylation sites is 1. The molecule has 17 heavy (non-hydrogen) atoms. The molecule has 0 fully saturated rings. The number of thiazole rings is 1. The number of hydrogen-bond donors (Lipinski definition) is 1. The molecule has 2 aromatic rings. The summed E-state index contributed by atoms with van der Waals surface area (Å²) < 4.78 is 0. The molecule has 1 heterocycles. The van der Waals surface area contributed by atoms with Crippen LogP contribution in [0.2, 0.25) is 0 Å². The van der Waals surface area contributed by atoms with E-state index in [0.717, 1.165) is 5.69 Å². The molecule has 0 atom stereocenters. The van der Waals surface area contributed by atoms with E-state index in [1.165, 1.54) is 23.2 Å². The van der Waals surface area contributed by atoms with Crippen LogP contribution in [0.5, 0.6) is 0 Å². The number of aromatic nitrogens is 1. The molecule has 0 aliphatic carbocycles. The molecule has 0 saturated heterocycles. The van der Waals surface area contributed by atoms with Gasteiger partial charge in [0.2, 0.25) is 5.91 Å². The van der Waals surface area contributed by atoms with Crippen LogP contribution in [0.3, 0.4) is 0 Å². The minimum absolute atomic E-state index is 0.102. The number of nitrogens with zero attached hydrogens (tertiary/aromatic N) is 2. The Kier molecular flexibility index (Phi) is 3.51. The van der Waals surface area contributed by atoms with Crippen molar-refractivity contribution in [3.63, 3.8) is 0 Å². The van der Waals surface area contributed by atoms with E-state index >= 15 is 0 Å². The third-order valence-electron chi connectivity index (χ3n) is 2.22. The summed E-state index contributed by atoms with van der Waals surface area (Å²) in [5.74, 6) is -0.102. The highest BCUT2D eigenvalue weighted by atomic mass is 32.1. The second kappa shape index (κ2) is 5.07. The Labute approximate surface area is 103 Å². The molecule has 0 spiro atoms. The summed E-state index contributed by atoms with van der Waals surface area (Å²) in [6.07, 6.45) is 0. The predicted molar refractivity (Wildman–Crippen MR) is 67.3 cm³/mol. The van der Waals surface area contributed by atoms with Crippen LogP contribution in [0, 0.1) is 0 Å². The number of aliphatic hydroxyl groups excluding tert-OH is 1. The summed E-state index contributed by atoms with van der Waals surface area (Å²) in [6, 6.07) is 9.32. The fourth-order valence-electron chi connectivity index (χ4n) is 1.48. The Morgan fingerprint density at radius 2 is 2.12 bits per heavy atom. The van der Waals surface area contributed by atoms with E-state index in [2.05, 4.69) is 4.98 Å². The van der Waals surface area contributed by atoms with Gasteiger partial charge in [0.25, 0.3) is 0 Å². The van der Waals surface area contributed by atoms with E-state index in [4.69, 9.17) is 5.11 Å². The fourth-order valence-corrected chi connectivity index (χ4v) is 2.35. The van der Waals surface area contributed by atoms with Crippen molar-refractivity contribution in [1.82, 2.24) is 4.98 Å². The lowest BCUT2D eigenvalue weighted by atomic mass is 10.3. The van der Waals surface area contributed by atoms with Crippen LogP contribution >= 0.6 is 11.3 Å². The molecule has 0 saturated carbocycles. The van der Waals surface area contributed by atoms with Gasteiger partial charge in [-0.3, -0.25) is 9.69 Å². The lowest BCUT2D eigenvalue weighted by Crippen LogP contribution is -2.22. The van der Waals surface area contributed by atoms with Gasteiger partial charge in [-0.2, -0.15) is 0 Å². The zero-order chi connectivity index (χ0) is 12.3. The SMILES string of the molecule is CC(=O)N(c1ccccc1)c1nc(CO)cs1. The molecule has 2 rings (SSSR count). The van der Waals surface area contributed by atoms with Gasteiger partial charge in [0.15, 0.2) is 5.13 Å². The molecule has 1 aromatic carbocycles. The Bertz CT molecular complexity index is 510. The number of anilines is 2. The number of benzene rings is 1. The van der Waals surface area contributed by atoms with Gasteiger partial charge in [0.1, 0.15) is 0 Å².